The third kappa shape index (κ3) is 10.6. The van der Waals surface area contributed by atoms with Gasteiger partial charge in [-0.3, -0.25) is 24.0 Å². The number of aliphatic hydroxyl groups excluding tert-OH is 1. The number of carboxylic acids is 1. The molecule has 1 heterocycles. The molecule has 0 aromatic carbocycles. The first kappa shape index (κ1) is 29.0. The first-order valence-corrected chi connectivity index (χ1v) is 10.5. The number of carbonyl (C=O) groups excluding carboxylic acids is 5. The summed E-state index contributed by atoms with van der Waals surface area (Å²) < 4.78 is 0. The Morgan fingerprint density at radius 3 is 1.77 bits per heavy atom. The van der Waals surface area contributed by atoms with Crippen molar-refractivity contribution in [2.45, 2.75) is 56.3 Å². The van der Waals surface area contributed by atoms with Crippen LogP contribution in [0.25, 0.3) is 0 Å². The number of aliphatic carboxylic acids is 1. The number of amides is 5. The van der Waals surface area contributed by atoms with E-state index in [1.54, 1.807) is 0 Å². The van der Waals surface area contributed by atoms with Crippen molar-refractivity contribution in [1.29, 1.82) is 0 Å². The van der Waals surface area contributed by atoms with Crippen molar-refractivity contribution in [3.8, 4) is 0 Å². The van der Waals surface area contributed by atoms with E-state index in [0.29, 0.717) is 5.69 Å². The van der Waals surface area contributed by atoms with Crippen molar-refractivity contribution in [1.82, 2.24) is 25.9 Å². The maximum absolute atomic E-state index is 12.9. The maximum atomic E-state index is 12.9. The van der Waals surface area contributed by atoms with Gasteiger partial charge in [0.15, 0.2) is 0 Å². The lowest BCUT2D eigenvalue weighted by Gasteiger charge is -2.24. The number of carbonyl (C=O) groups is 6. The number of carboxylic acid groups (broad SMARTS) is 1. The predicted octanol–water partition coefficient (Wildman–Crippen LogP) is -4.66. The summed E-state index contributed by atoms with van der Waals surface area (Å²) in [6, 6.07) is -5.55. The second-order valence-corrected chi connectivity index (χ2v) is 7.60. The fourth-order valence-electron chi connectivity index (χ4n) is 2.85. The maximum Gasteiger partial charge on any atom is 0.328 e. The Labute approximate surface area is 199 Å². The molecule has 4 atom stereocenters. The molecule has 16 heteroatoms. The van der Waals surface area contributed by atoms with Gasteiger partial charge in [0.2, 0.25) is 29.5 Å². The van der Waals surface area contributed by atoms with E-state index in [4.69, 9.17) is 27.4 Å². The Bertz CT molecular complexity index is 907. The number of hydrogen-bond donors (Lipinski definition) is 9. The van der Waals surface area contributed by atoms with Crippen molar-refractivity contribution in [3.05, 3.63) is 18.2 Å². The smallest absolute Gasteiger partial charge is 0.328 e. The SMILES string of the molecule is NC(=O)CCC(NC(=O)C(N)Cc1cnc[nH]1)C(=O)NC(CCC(N)=O)C(=O)NC(CO)C(=O)O. The fraction of sp³-hybridized carbons (Fsp3) is 0.526. The molecule has 5 amide bonds. The molecule has 0 saturated carbocycles. The van der Waals surface area contributed by atoms with Crippen molar-refractivity contribution >= 4 is 35.5 Å². The Morgan fingerprint density at radius 1 is 0.886 bits per heavy atom. The first-order chi connectivity index (χ1) is 16.4. The number of rotatable bonds is 16. The van der Waals surface area contributed by atoms with Crippen LogP contribution in [0.15, 0.2) is 12.5 Å². The van der Waals surface area contributed by atoms with Gasteiger partial charge in [-0.2, -0.15) is 0 Å². The summed E-state index contributed by atoms with van der Waals surface area (Å²) in [6.45, 7) is -0.928. The average Bonchev–Trinajstić information content (AvgIpc) is 3.29. The van der Waals surface area contributed by atoms with Crippen LogP contribution >= 0.6 is 0 Å². The average molecular weight is 498 g/mol. The Balaban J connectivity index is 2.97. The molecule has 0 radical (unpaired) electrons. The summed E-state index contributed by atoms with van der Waals surface area (Å²) in [7, 11) is 0. The lowest BCUT2D eigenvalue weighted by Crippen LogP contribution is -2.57. The molecule has 0 spiro atoms. The van der Waals surface area contributed by atoms with Crippen LogP contribution in [0.1, 0.15) is 31.4 Å². The molecule has 0 fully saturated rings. The number of primary amides is 2. The van der Waals surface area contributed by atoms with Gasteiger partial charge in [0.05, 0.1) is 19.0 Å². The van der Waals surface area contributed by atoms with Crippen LogP contribution in [0.4, 0.5) is 0 Å². The zero-order valence-corrected chi connectivity index (χ0v) is 18.7. The van der Waals surface area contributed by atoms with E-state index in [9.17, 15) is 28.8 Å². The number of aliphatic hydroxyl groups is 1. The van der Waals surface area contributed by atoms with Gasteiger partial charge in [0.1, 0.15) is 18.1 Å². The number of aromatic nitrogens is 2. The van der Waals surface area contributed by atoms with Gasteiger partial charge >= 0.3 is 5.97 Å². The molecule has 1 rings (SSSR count). The fourth-order valence-corrected chi connectivity index (χ4v) is 2.85. The number of imidazole rings is 1. The summed E-state index contributed by atoms with van der Waals surface area (Å²) >= 11 is 0. The third-order valence-corrected chi connectivity index (χ3v) is 4.75. The molecule has 0 aliphatic rings. The van der Waals surface area contributed by atoms with Crippen molar-refractivity contribution in [2.24, 2.45) is 17.2 Å². The van der Waals surface area contributed by atoms with Crippen molar-refractivity contribution in [2.75, 3.05) is 6.61 Å². The molecule has 194 valence electrons. The van der Waals surface area contributed by atoms with E-state index in [-0.39, 0.29) is 32.1 Å². The molecular weight excluding hydrogens is 468 g/mol. The number of hydrogen-bond acceptors (Lipinski definition) is 9. The van der Waals surface area contributed by atoms with E-state index in [1.807, 2.05) is 5.32 Å². The van der Waals surface area contributed by atoms with E-state index in [0.717, 1.165) is 0 Å². The zero-order valence-electron chi connectivity index (χ0n) is 18.7. The largest absolute Gasteiger partial charge is 0.480 e. The minimum absolute atomic E-state index is 0.0668. The van der Waals surface area contributed by atoms with Crippen LogP contribution in [0.5, 0.6) is 0 Å². The van der Waals surface area contributed by atoms with E-state index >= 15 is 0 Å². The third-order valence-electron chi connectivity index (χ3n) is 4.75. The zero-order chi connectivity index (χ0) is 26.5. The molecule has 16 nitrogen and oxygen atoms in total. The predicted molar refractivity (Wildman–Crippen MR) is 118 cm³/mol. The quantitative estimate of drug-likeness (QED) is 0.105. The summed E-state index contributed by atoms with van der Waals surface area (Å²) in [6.07, 6.45) is 1.75. The summed E-state index contributed by atoms with van der Waals surface area (Å²) in [5.74, 6) is -5.76. The minimum Gasteiger partial charge on any atom is -0.480 e. The molecule has 0 saturated heterocycles. The van der Waals surface area contributed by atoms with Gasteiger partial charge in [0.25, 0.3) is 0 Å². The second-order valence-electron chi connectivity index (χ2n) is 7.60. The molecule has 12 N–H and O–H groups in total. The van der Waals surface area contributed by atoms with Crippen LogP contribution in [0.2, 0.25) is 0 Å². The van der Waals surface area contributed by atoms with Crippen LogP contribution in [-0.4, -0.2) is 86.5 Å². The highest BCUT2D eigenvalue weighted by Crippen LogP contribution is 2.05. The van der Waals surface area contributed by atoms with Gasteiger partial charge in [-0.1, -0.05) is 0 Å². The molecule has 35 heavy (non-hydrogen) atoms. The summed E-state index contributed by atoms with van der Waals surface area (Å²) in [4.78, 5) is 78.0. The van der Waals surface area contributed by atoms with Crippen LogP contribution < -0.4 is 33.2 Å². The standard InChI is InChI=1S/C19H30N8O8/c20-10(5-9-6-23-8-24-9)16(31)25-11(1-3-14(21)29)17(32)26-12(2-4-15(22)30)18(33)27-13(7-28)19(34)35/h6,8,10-13,28H,1-5,7,20H2,(H2,21,29)(H2,22,30)(H,23,24)(H,25,31)(H,26,32)(H,27,33)(H,34,35). The van der Waals surface area contributed by atoms with Crippen LogP contribution in [-0.2, 0) is 35.2 Å². The molecule has 0 bridgehead atoms. The monoisotopic (exact) mass is 498 g/mol. The van der Waals surface area contributed by atoms with Gasteiger partial charge < -0.3 is 48.3 Å². The molecule has 1 aromatic rings. The highest BCUT2D eigenvalue weighted by molar-refractivity contribution is 5.94. The highest BCUT2D eigenvalue weighted by atomic mass is 16.4. The Morgan fingerprint density at radius 2 is 1.37 bits per heavy atom. The lowest BCUT2D eigenvalue weighted by molar-refractivity contribution is -0.143. The van der Waals surface area contributed by atoms with Gasteiger partial charge in [-0.25, -0.2) is 9.78 Å². The molecule has 4 unspecified atom stereocenters. The van der Waals surface area contributed by atoms with Gasteiger partial charge in [-0.15, -0.1) is 0 Å². The first-order valence-electron chi connectivity index (χ1n) is 10.5. The van der Waals surface area contributed by atoms with Crippen LogP contribution in [0, 0.1) is 0 Å². The number of aromatic amines is 1. The van der Waals surface area contributed by atoms with E-state index in [2.05, 4.69) is 20.6 Å². The van der Waals surface area contributed by atoms with E-state index < -0.39 is 66.3 Å². The number of H-pyrrole nitrogens is 1. The molecular formula is C19H30N8O8. The summed E-state index contributed by atoms with van der Waals surface area (Å²) in [5, 5.41) is 24.8. The highest BCUT2D eigenvalue weighted by Gasteiger charge is 2.30. The minimum atomic E-state index is -1.67. The summed E-state index contributed by atoms with van der Waals surface area (Å²) in [5.41, 5.74) is 16.7. The second kappa shape index (κ2) is 14.3. The Kier molecular flexibility index (Phi) is 11.8. The van der Waals surface area contributed by atoms with Gasteiger partial charge in [-0.05, 0) is 12.8 Å². The topological polar surface area (TPSA) is 286 Å². The Hall–Kier alpha value is -4.05. The van der Waals surface area contributed by atoms with Crippen LogP contribution in [0.3, 0.4) is 0 Å². The normalized spacial score (nSPS) is 14.1. The number of nitrogens with one attached hydrogen (secondary N) is 4. The molecule has 1 aromatic heterocycles. The lowest BCUT2D eigenvalue weighted by atomic mass is 10.1. The number of nitrogens with zero attached hydrogens (tertiary/aromatic N) is 1. The van der Waals surface area contributed by atoms with E-state index in [1.165, 1.54) is 12.5 Å². The van der Waals surface area contributed by atoms with Gasteiger partial charge in [0, 0.05) is 31.2 Å². The number of nitrogens with two attached hydrogens (primary N) is 3. The van der Waals surface area contributed by atoms with Crippen molar-refractivity contribution in [3.63, 3.8) is 0 Å². The molecule has 0 aliphatic heterocycles. The molecule has 0 aliphatic carbocycles. The van der Waals surface area contributed by atoms with Crippen molar-refractivity contribution < 1.29 is 39.0 Å².